The number of nitrogens with one attached hydrogen (secondary N) is 1. The first kappa shape index (κ1) is 18.8. The summed E-state index contributed by atoms with van der Waals surface area (Å²) in [4.78, 5) is 13.1. The number of benzene rings is 3. The molecule has 4 aromatic rings. The molecule has 0 fully saturated rings. The van der Waals surface area contributed by atoms with Crippen molar-refractivity contribution in [2.45, 2.75) is 19.9 Å². The molecule has 0 saturated carbocycles. The van der Waals surface area contributed by atoms with Gasteiger partial charge in [-0.25, -0.2) is 4.68 Å². The minimum absolute atomic E-state index is 0.105. The van der Waals surface area contributed by atoms with Gasteiger partial charge in [0.05, 0.1) is 17.4 Å². The highest BCUT2D eigenvalue weighted by Crippen LogP contribution is 2.39. The smallest absolute Gasteiger partial charge is 0.271 e. The van der Waals surface area contributed by atoms with E-state index in [1.807, 2.05) is 54.6 Å². The van der Waals surface area contributed by atoms with Crippen molar-refractivity contribution in [1.29, 1.82) is 0 Å². The van der Waals surface area contributed by atoms with Gasteiger partial charge in [-0.15, -0.1) is 0 Å². The maximum absolute atomic E-state index is 13.1. The van der Waals surface area contributed by atoms with Gasteiger partial charge in [-0.1, -0.05) is 64.5 Å². The first-order valence-electron chi connectivity index (χ1n) is 9.84. The molecule has 0 spiro atoms. The number of halogens is 1. The number of fused-ring (bicyclic) bond motifs is 1. The van der Waals surface area contributed by atoms with Crippen molar-refractivity contribution >= 4 is 21.8 Å². The molecule has 1 unspecified atom stereocenters. The van der Waals surface area contributed by atoms with E-state index in [1.165, 1.54) is 0 Å². The maximum atomic E-state index is 13.1. The normalized spacial score (nSPS) is 15.2. The lowest BCUT2D eigenvalue weighted by Gasteiger charge is -2.13. The van der Waals surface area contributed by atoms with Crippen LogP contribution in [0.5, 0.6) is 0 Å². The van der Waals surface area contributed by atoms with Gasteiger partial charge in [0.15, 0.2) is 0 Å². The van der Waals surface area contributed by atoms with Gasteiger partial charge in [0.25, 0.3) is 5.91 Å². The van der Waals surface area contributed by atoms with Crippen LogP contribution in [0.4, 0.5) is 0 Å². The van der Waals surface area contributed by atoms with E-state index >= 15 is 0 Å². The molecule has 0 bridgehead atoms. The Labute approximate surface area is 183 Å². The second-order valence-corrected chi connectivity index (χ2v) is 8.61. The summed E-state index contributed by atoms with van der Waals surface area (Å²) in [5, 5.41) is 8.11. The molecule has 4 nitrogen and oxygen atoms in total. The van der Waals surface area contributed by atoms with Crippen LogP contribution in [0.25, 0.3) is 16.9 Å². The van der Waals surface area contributed by atoms with Gasteiger partial charge in [0, 0.05) is 15.6 Å². The fraction of sp³-hybridized carbons (Fsp3) is 0.120. The molecule has 3 aromatic carbocycles. The summed E-state index contributed by atoms with van der Waals surface area (Å²) in [5.41, 5.74) is 7.56. The molecule has 30 heavy (non-hydrogen) atoms. The number of hydrogen-bond acceptors (Lipinski definition) is 2. The quantitative estimate of drug-likeness (QED) is 0.425. The molecular weight excluding hydrogens is 438 g/mol. The summed E-state index contributed by atoms with van der Waals surface area (Å²) in [6.07, 6.45) is 0. The summed E-state index contributed by atoms with van der Waals surface area (Å²) in [6, 6.07) is 24.1. The van der Waals surface area contributed by atoms with Crippen LogP contribution >= 0.6 is 15.9 Å². The first-order chi connectivity index (χ1) is 14.5. The zero-order valence-electron chi connectivity index (χ0n) is 16.7. The molecule has 1 aliphatic heterocycles. The molecule has 5 heteroatoms. The summed E-state index contributed by atoms with van der Waals surface area (Å²) in [6.45, 7) is 4.12. The zero-order chi connectivity index (χ0) is 20.8. The lowest BCUT2D eigenvalue weighted by atomic mass is 9.97. The molecule has 148 valence electrons. The maximum Gasteiger partial charge on any atom is 0.271 e. The van der Waals surface area contributed by atoms with Gasteiger partial charge in [0.2, 0.25) is 0 Å². The Morgan fingerprint density at radius 2 is 1.60 bits per heavy atom. The highest BCUT2D eigenvalue weighted by atomic mass is 79.9. The number of rotatable bonds is 3. The van der Waals surface area contributed by atoms with E-state index < -0.39 is 0 Å². The number of carbonyl (C=O) groups excluding carboxylic acids is 1. The Morgan fingerprint density at radius 3 is 2.27 bits per heavy atom. The van der Waals surface area contributed by atoms with Gasteiger partial charge in [-0.3, -0.25) is 4.79 Å². The van der Waals surface area contributed by atoms with Crippen molar-refractivity contribution in [3.8, 4) is 16.9 Å². The molecule has 0 aliphatic carbocycles. The van der Waals surface area contributed by atoms with Crippen molar-refractivity contribution in [3.63, 3.8) is 0 Å². The van der Waals surface area contributed by atoms with Crippen molar-refractivity contribution in [3.05, 3.63) is 105 Å². The standard InChI is InChI=1S/C25H20BrN3O/c1-15-12-16(2)14-20(13-15)29-24-21(23(28-29)17-6-4-3-5-7-17)22(27-25(24)30)18-8-10-19(26)11-9-18/h3-14,22H,1-2H3,(H,27,30). The molecule has 1 aliphatic rings. The number of aromatic nitrogens is 2. The fourth-order valence-electron chi connectivity index (χ4n) is 4.17. The molecule has 2 heterocycles. The van der Waals surface area contributed by atoms with Crippen molar-refractivity contribution in [1.82, 2.24) is 15.1 Å². The molecule has 1 atom stereocenters. The second kappa shape index (κ2) is 7.26. The van der Waals surface area contributed by atoms with Crippen LogP contribution in [0.3, 0.4) is 0 Å². The van der Waals surface area contributed by atoms with Crippen molar-refractivity contribution < 1.29 is 4.79 Å². The summed E-state index contributed by atoms with van der Waals surface area (Å²) in [7, 11) is 0. The van der Waals surface area contributed by atoms with Crippen LogP contribution in [0.15, 0.2) is 77.3 Å². The SMILES string of the molecule is Cc1cc(C)cc(-n2nc(-c3ccccc3)c3c2C(=O)NC3c2ccc(Br)cc2)c1. The van der Waals surface area contributed by atoms with Crippen LogP contribution in [0, 0.1) is 13.8 Å². The Balaban J connectivity index is 1.77. The van der Waals surface area contributed by atoms with E-state index in [1.54, 1.807) is 4.68 Å². The largest absolute Gasteiger partial charge is 0.340 e. The number of aryl methyl sites for hydroxylation is 2. The third-order valence-corrected chi connectivity index (χ3v) is 5.93. The van der Waals surface area contributed by atoms with Gasteiger partial charge in [-0.2, -0.15) is 5.10 Å². The monoisotopic (exact) mass is 457 g/mol. The number of carbonyl (C=O) groups is 1. The van der Waals surface area contributed by atoms with Crippen LogP contribution in [0.1, 0.15) is 38.8 Å². The lowest BCUT2D eigenvalue weighted by Crippen LogP contribution is -2.22. The average molecular weight is 458 g/mol. The van der Waals surface area contributed by atoms with Crippen LogP contribution < -0.4 is 5.32 Å². The van der Waals surface area contributed by atoms with E-state index in [0.29, 0.717) is 5.69 Å². The minimum atomic E-state index is -0.240. The molecule has 5 rings (SSSR count). The Morgan fingerprint density at radius 1 is 0.933 bits per heavy atom. The van der Waals surface area contributed by atoms with E-state index in [2.05, 4.69) is 53.3 Å². The number of hydrogen-bond donors (Lipinski definition) is 1. The highest BCUT2D eigenvalue weighted by Gasteiger charge is 2.38. The number of amides is 1. The van der Waals surface area contributed by atoms with E-state index in [9.17, 15) is 4.79 Å². The molecule has 1 amide bonds. The Kier molecular flexibility index (Phi) is 4.55. The van der Waals surface area contributed by atoms with E-state index in [0.717, 1.165) is 43.7 Å². The summed E-state index contributed by atoms with van der Waals surface area (Å²) < 4.78 is 2.80. The minimum Gasteiger partial charge on any atom is -0.340 e. The molecule has 0 radical (unpaired) electrons. The third kappa shape index (κ3) is 3.15. The summed E-state index contributed by atoms with van der Waals surface area (Å²) >= 11 is 3.49. The van der Waals surface area contributed by atoms with Crippen LogP contribution in [0.2, 0.25) is 0 Å². The molecule has 1 aromatic heterocycles. The highest BCUT2D eigenvalue weighted by molar-refractivity contribution is 9.10. The molecule has 1 N–H and O–H groups in total. The fourth-order valence-corrected chi connectivity index (χ4v) is 4.43. The Hall–Kier alpha value is -3.18. The predicted octanol–water partition coefficient (Wildman–Crippen LogP) is 5.75. The third-order valence-electron chi connectivity index (χ3n) is 5.40. The van der Waals surface area contributed by atoms with Crippen molar-refractivity contribution in [2.24, 2.45) is 0 Å². The average Bonchev–Trinajstić information content (AvgIpc) is 3.28. The van der Waals surface area contributed by atoms with Crippen LogP contribution in [-0.4, -0.2) is 15.7 Å². The zero-order valence-corrected chi connectivity index (χ0v) is 18.3. The second-order valence-electron chi connectivity index (χ2n) is 7.69. The van der Waals surface area contributed by atoms with Gasteiger partial charge in [0.1, 0.15) is 5.69 Å². The Bertz CT molecular complexity index is 1240. The topological polar surface area (TPSA) is 46.9 Å². The van der Waals surface area contributed by atoms with E-state index in [-0.39, 0.29) is 11.9 Å². The predicted molar refractivity (Wildman–Crippen MR) is 122 cm³/mol. The lowest BCUT2D eigenvalue weighted by molar-refractivity contribution is 0.0953. The first-order valence-corrected chi connectivity index (χ1v) is 10.6. The van der Waals surface area contributed by atoms with Gasteiger partial charge < -0.3 is 5.32 Å². The molecular formula is C25H20BrN3O. The van der Waals surface area contributed by atoms with Crippen molar-refractivity contribution in [2.75, 3.05) is 0 Å². The molecule has 0 saturated heterocycles. The summed E-state index contributed by atoms with van der Waals surface area (Å²) in [5.74, 6) is -0.105. The van der Waals surface area contributed by atoms with Gasteiger partial charge in [-0.05, 0) is 54.8 Å². The number of nitrogens with zero attached hydrogens (tertiary/aromatic N) is 2. The van der Waals surface area contributed by atoms with Crippen LogP contribution in [-0.2, 0) is 0 Å². The van der Waals surface area contributed by atoms with E-state index in [4.69, 9.17) is 5.10 Å². The van der Waals surface area contributed by atoms with Gasteiger partial charge >= 0.3 is 0 Å².